The van der Waals surface area contributed by atoms with Gasteiger partial charge in [-0.2, -0.15) is 35.5 Å². The van der Waals surface area contributed by atoms with Crippen molar-refractivity contribution in [3.63, 3.8) is 0 Å². The van der Waals surface area contributed by atoms with E-state index in [4.69, 9.17) is 17.0 Å². The first-order valence-electron chi connectivity index (χ1n) is 14.2. The molecule has 0 aliphatic carbocycles. The summed E-state index contributed by atoms with van der Waals surface area (Å²) in [5.74, 6) is 0. The summed E-state index contributed by atoms with van der Waals surface area (Å²) in [5.41, 5.74) is 10.2. The van der Waals surface area contributed by atoms with Gasteiger partial charge in [0.25, 0.3) is 0 Å². The quantitative estimate of drug-likeness (QED) is 0.127. The molecule has 0 atom stereocenters. The molecular weight excluding hydrogens is 635 g/mol. The maximum absolute atomic E-state index is 4.93. The van der Waals surface area contributed by atoms with Crippen molar-refractivity contribution < 1.29 is 20.8 Å². The number of hydrogen-bond donors (Lipinski definition) is 0. The van der Waals surface area contributed by atoms with Gasteiger partial charge in [-0.15, -0.1) is 40.1 Å². The first-order chi connectivity index (χ1) is 19.5. The van der Waals surface area contributed by atoms with Gasteiger partial charge in [-0.25, -0.2) is 0 Å². The third-order valence-corrected chi connectivity index (χ3v) is 8.93. The molecular formula is C37H38Cl2SiZr. The molecule has 1 heterocycles. The van der Waals surface area contributed by atoms with Crippen molar-refractivity contribution in [2.24, 2.45) is 0 Å². The second-order valence-electron chi connectivity index (χ2n) is 12.4. The minimum Gasteiger partial charge on any atom is -0.184 e. The molecule has 6 rings (SSSR count). The van der Waals surface area contributed by atoms with Gasteiger partial charge in [-0.1, -0.05) is 119 Å². The summed E-state index contributed by atoms with van der Waals surface area (Å²) in [6.07, 6.45) is 1.06. The maximum atomic E-state index is 4.93. The fourth-order valence-electron chi connectivity index (χ4n) is 5.43. The average Bonchev–Trinajstić information content (AvgIpc) is 3.55. The molecule has 5 aromatic rings. The summed E-state index contributed by atoms with van der Waals surface area (Å²) >= 11 is -0.826. The molecule has 0 fully saturated rings. The Hall–Kier alpha value is -1.83. The van der Waals surface area contributed by atoms with Crippen molar-refractivity contribution in [3.8, 4) is 22.3 Å². The Balaban J connectivity index is 0.000000200. The molecule has 0 spiro atoms. The van der Waals surface area contributed by atoms with Crippen LogP contribution in [0.25, 0.3) is 33.0 Å². The average molecular weight is 673 g/mol. The predicted octanol–water partition coefficient (Wildman–Crippen LogP) is 9.88. The summed E-state index contributed by atoms with van der Waals surface area (Å²) in [6.45, 7) is 16.1. The van der Waals surface area contributed by atoms with Crippen LogP contribution >= 0.6 is 17.0 Å². The van der Waals surface area contributed by atoms with Crippen molar-refractivity contribution in [1.82, 2.24) is 0 Å². The van der Waals surface area contributed by atoms with Crippen molar-refractivity contribution >= 4 is 47.7 Å². The van der Waals surface area contributed by atoms with Crippen LogP contribution in [-0.4, -0.2) is 9.52 Å². The third-order valence-electron chi connectivity index (χ3n) is 7.56. The first-order valence-corrected chi connectivity index (χ1v) is 21.5. The molecule has 0 amide bonds. The Labute approximate surface area is 268 Å². The molecule has 1 aliphatic heterocycles. The van der Waals surface area contributed by atoms with Gasteiger partial charge in [0.15, 0.2) is 0 Å². The molecule has 4 heteroatoms. The second kappa shape index (κ2) is 13.6. The number of halogens is 2. The fraction of sp³-hybridized carbons (Fsp3) is 0.270. The summed E-state index contributed by atoms with van der Waals surface area (Å²) in [5, 5.41) is 5.58. The standard InChI is InChI=1S/C25H31.C12H7Si.2ClH.Zr/c1-8-17-11-9-10-12-20(17)23-21-16-19(24(2,3)4)15-18(21)13-14-22(23)25(5,6)7;1-3-7-11-9(5-1)10-6-2-4-8-12(10)13-11;;;/h9-16H,8H2,1-7H3;1-7H;2*1H;/q2*-1;;;+4/p-2. The van der Waals surface area contributed by atoms with Crippen LogP contribution in [-0.2, 0) is 38.1 Å². The monoisotopic (exact) mass is 670 g/mol. The number of fused-ring (bicyclic) bond motifs is 4. The number of benzene rings is 4. The molecule has 0 N–H and O–H groups in total. The van der Waals surface area contributed by atoms with Gasteiger partial charge in [-0.05, 0) is 28.4 Å². The minimum absolute atomic E-state index is 0.115. The maximum Gasteiger partial charge on any atom is 0.0920 e. The van der Waals surface area contributed by atoms with Crippen LogP contribution in [0.15, 0.2) is 91.0 Å². The van der Waals surface area contributed by atoms with Crippen LogP contribution in [0.3, 0.4) is 0 Å². The Bertz CT molecular complexity index is 1580. The molecule has 2 radical (unpaired) electrons. The molecule has 0 saturated heterocycles. The van der Waals surface area contributed by atoms with Crippen molar-refractivity contribution in [2.75, 3.05) is 0 Å². The fourth-order valence-corrected chi connectivity index (χ4v) is 6.74. The van der Waals surface area contributed by atoms with Gasteiger partial charge in [-0.3, -0.25) is 0 Å². The molecule has 0 bridgehead atoms. The van der Waals surface area contributed by atoms with Crippen LogP contribution in [0, 0.1) is 6.07 Å². The van der Waals surface area contributed by atoms with E-state index in [2.05, 4.69) is 139 Å². The summed E-state index contributed by atoms with van der Waals surface area (Å²) in [4.78, 5) is 0. The van der Waals surface area contributed by atoms with Crippen LogP contribution < -0.4 is 10.4 Å². The topological polar surface area (TPSA) is 0 Å². The molecule has 0 aromatic heterocycles. The zero-order valence-electron chi connectivity index (χ0n) is 25.1. The summed E-state index contributed by atoms with van der Waals surface area (Å²) in [6, 6.07) is 36.5. The van der Waals surface area contributed by atoms with E-state index < -0.39 is 20.8 Å². The van der Waals surface area contributed by atoms with E-state index in [0.717, 1.165) is 15.9 Å². The molecule has 208 valence electrons. The van der Waals surface area contributed by atoms with Gasteiger partial charge in [0.1, 0.15) is 0 Å². The predicted molar refractivity (Wildman–Crippen MR) is 179 cm³/mol. The summed E-state index contributed by atoms with van der Waals surface area (Å²) in [7, 11) is 10.7. The molecule has 0 nitrogen and oxygen atoms in total. The normalized spacial score (nSPS) is 11.9. The van der Waals surface area contributed by atoms with Crippen LogP contribution in [0.5, 0.6) is 0 Å². The second-order valence-corrected chi connectivity index (χ2v) is 17.5. The van der Waals surface area contributed by atoms with E-state index >= 15 is 0 Å². The van der Waals surface area contributed by atoms with E-state index in [9.17, 15) is 0 Å². The van der Waals surface area contributed by atoms with Gasteiger partial charge in [0.05, 0.1) is 9.52 Å². The van der Waals surface area contributed by atoms with Gasteiger partial charge in [0.2, 0.25) is 0 Å². The largest absolute Gasteiger partial charge is 0.184 e. The van der Waals surface area contributed by atoms with Crippen molar-refractivity contribution in [1.29, 1.82) is 0 Å². The Morgan fingerprint density at radius 3 is 2.07 bits per heavy atom. The van der Waals surface area contributed by atoms with E-state index in [1.165, 1.54) is 60.1 Å². The van der Waals surface area contributed by atoms with Gasteiger partial charge in [0, 0.05) is 0 Å². The molecule has 0 unspecified atom stereocenters. The first kappa shape index (κ1) is 32.1. The minimum atomic E-state index is -0.826. The van der Waals surface area contributed by atoms with E-state index in [1.807, 2.05) is 6.07 Å². The zero-order chi connectivity index (χ0) is 29.8. The zero-order valence-corrected chi connectivity index (χ0v) is 30.1. The van der Waals surface area contributed by atoms with Crippen LogP contribution in [0.2, 0.25) is 0 Å². The molecule has 41 heavy (non-hydrogen) atoms. The Morgan fingerprint density at radius 2 is 1.41 bits per heavy atom. The van der Waals surface area contributed by atoms with E-state index in [0.29, 0.717) is 0 Å². The number of aryl methyl sites for hydroxylation is 1. The molecule has 1 aliphatic rings. The van der Waals surface area contributed by atoms with Crippen LogP contribution in [0.4, 0.5) is 0 Å². The number of hydrogen-bond acceptors (Lipinski definition) is 0. The van der Waals surface area contributed by atoms with E-state index in [-0.39, 0.29) is 10.8 Å². The van der Waals surface area contributed by atoms with Gasteiger partial charge >= 0.3 is 37.9 Å². The Morgan fingerprint density at radius 1 is 0.780 bits per heavy atom. The van der Waals surface area contributed by atoms with Crippen molar-refractivity contribution in [3.05, 3.63) is 114 Å². The molecule has 5 aromatic carbocycles. The summed E-state index contributed by atoms with van der Waals surface area (Å²) < 4.78 is 0. The SMILES string of the molecule is CCc1ccccc1-c1c(C(C)(C)C)ccc2[cH-]c(C(C)(C)C)cc12.[Cl][Zr+2][Cl].[c-]1cccc2c1[Si]c1ccccc1-2. The molecule has 0 saturated carbocycles. The van der Waals surface area contributed by atoms with E-state index in [1.54, 1.807) is 0 Å². The Kier molecular flexibility index (Phi) is 10.7. The van der Waals surface area contributed by atoms with Crippen molar-refractivity contribution in [2.45, 2.75) is 65.7 Å². The number of rotatable bonds is 2. The van der Waals surface area contributed by atoms with Gasteiger partial charge < -0.3 is 0 Å². The van der Waals surface area contributed by atoms with Crippen LogP contribution in [0.1, 0.15) is 65.2 Å². The smallest absolute Gasteiger partial charge is 0.0920 e. The third kappa shape index (κ3) is 7.40.